The van der Waals surface area contributed by atoms with E-state index in [1.165, 1.54) is 32.4 Å². The second-order valence-corrected chi connectivity index (χ2v) is 3.19. The van der Waals surface area contributed by atoms with Gasteiger partial charge in [0, 0.05) is 6.04 Å². The molecule has 1 rings (SSSR count). The van der Waals surface area contributed by atoms with E-state index in [-0.39, 0.29) is 0 Å². The Morgan fingerprint density at radius 1 is 1.00 bits per heavy atom. The normalized spacial score (nSPS) is 19.2. The van der Waals surface area contributed by atoms with Crippen molar-refractivity contribution in [3.05, 3.63) is 13.2 Å². The molecule has 1 saturated heterocycles. The maximum absolute atomic E-state index is 3.00. The zero-order valence-electron chi connectivity index (χ0n) is 7.97. The summed E-state index contributed by atoms with van der Waals surface area (Å²) in [4.78, 5) is 2.56. The van der Waals surface area contributed by atoms with Gasteiger partial charge in [0.2, 0.25) is 0 Å². The molecule has 66 valence electrons. The Bertz CT molecular complexity index is 82.9. The molecule has 1 heterocycles. The molecule has 0 bridgehead atoms. The minimum Gasteiger partial charge on any atom is -0.301 e. The van der Waals surface area contributed by atoms with Crippen molar-refractivity contribution in [3.8, 4) is 0 Å². The fourth-order valence-corrected chi connectivity index (χ4v) is 1.43. The van der Waals surface area contributed by atoms with E-state index in [2.05, 4.69) is 31.9 Å². The smallest absolute Gasteiger partial charge is 0.00385 e. The topological polar surface area (TPSA) is 3.24 Å². The van der Waals surface area contributed by atoms with Crippen LogP contribution in [0, 0.1) is 0 Å². The van der Waals surface area contributed by atoms with Crippen molar-refractivity contribution in [2.24, 2.45) is 0 Å². The molecule has 1 fully saturated rings. The summed E-state index contributed by atoms with van der Waals surface area (Å²) in [5.41, 5.74) is 0. The highest BCUT2D eigenvalue weighted by Gasteiger charge is 2.11. The van der Waals surface area contributed by atoms with Crippen LogP contribution in [0.25, 0.3) is 0 Å². The van der Waals surface area contributed by atoms with E-state index < -0.39 is 0 Å². The molecule has 1 aliphatic heterocycles. The molecular weight excluding hydrogens is 134 g/mol. The standard InChI is InChI=1S/C8H17N.C2H4/c1-8(2)9-6-4-3-5-7-9;1-2/h8H,3-7H2,1-2H3;1-2H2. The van der Waals surface area contributed by atoms with Gasteiger partial charge in [0.05, 0.1) is 0 Å². The molecule has 0 aromatic heterocycles. The Labute approximate surface area is 71.1 Å². The summed E-state index contributed by atoms with van der Waals surface area (Å²) in [6, 6.07) is 0.769. The Morgan fingerprint density at radius 3 is 1.73 bits per heavy atom. The first-order valence-electron chi connectivity index (χ1n) is 4.55. The van der Waals surface area contributed by atoms with Crippen molar-refractivity contribution in [2.75, 3.05) is 13.1 Å². The van der Waals surface area contributed by atoms with E-state index in [0.29, 0.717) is 0 Å². The number of hydrogen-bond acceptors (Lipinski definition) is 1. The van der Waals surface area contributed by atoms with Gasteiger partial charge in [-0.2, -0.15) is 0 Å². The average molecular weight is 155 g/mol. The predicted molar refractivity (Wildman–Crippen MR) is 51.8 cm³/mol. The third-order valence-corrected chi connectivity index (χ3v) is 2.12. The Kier molecular flexibility index (Phi) is 6.24. The Balaban J connectivity index is 0.000000461. The highest BCUT2D eigenvalue weighted by Crippen LogP contribution is 2.10. The Morgan fingerprint density at radius 2 is 1.45 bits per heavy atom. The summed E-state index contributed by atoms with van der Waals surface area (Å²) in [6.45, 7) is 13.2. The molecule has 0 saturated carbocycles. The van der Waals surface area contributed by atoms with Crippen molar-refractivity contribution >= 4 is 0 Å². The second kappa shape index (κ2) is 6.41. The lowest BCUT2D eigenvalue weighted by Crippen LogP contribution is -2.35. The van der Waals surface area contributed by atoms with Gasteiger partial charge in [0.25, 0.3) is 0 Å². The number of hydrogen-bond donors (Lipinski definition) is 0. The summed E-state index contributed by atoms with van der Waals surface area (Å²) >= 11 is 0. The first-order chi connectivity index (χ1) is 5.30. The molecule has 1 nitrogen and oxygen atoms in total. The van der Waals surface area contributed by atoms with E-state index >= 15 is 0 Å². The molecule has 0 radical (unpaired) electrons. The third kappa shape index (κ3) is 4.20. The van der Waals surface area contributed by atoms with Crippen LogP contribution in [0.1, 0.15) is 33.1 Å². The van der Waals surface area contributed by atoms with Gasteiger partial charge in [-0.15, -0.1) is 13.2 Å². The van der Waals surface area contributed by atoms with Crippen molar-refractivity contribution < 1.29 is 0 Å². The maximum atomic E-state index is 3.00. The van der Waals surface area contributed by atoms with Crippen molar-refractivity contribution in [1.29, 1.82) is 0 Å². The molecular formula is C10H21N. The number of rotatable bonds is 1. The van der Waals surface area contributed by atoms with Gasteiger partial charge in [-0.05, 0) is 39.8 Å². The summed E-state index contributed by atoms with van der Waals surface area (Å²) in [5.74, 6) is 0. The molecule has 0 aromatic carbocycles. The van der Waals surface area contributed by atoms with E-state index in [0.717, 1.165) is 6.04 Å². The first-order valence-corrected chi connectivity index (χ1v) is 4.55. The largest absolute Gasteiger partial charge is 0.301 e. The molecule has 1 heteroatoms. The summed E-state index contributed by atoms with van der Waals surface area (Å²) in [6.07, 6.45) is 4.28. The lowest BCUT2D eigenvalue weighted by molar-refractivity contribution is 0.185. The quantitative estimate of drug-likeness (QED) is 0.526. The highest BCUT2D eigenvalue weighted by atomic mass is 15.1. The van der Waals surface area contributed by atoms with Crippen LogP contribution in [0.4, 0.5) is 0 Å². The molecule has 0 aliphatic carbocycles. The van der Waals surface area contributed by atoms with E-state index in [4.69, 9.17) is 0 Å². The van der Waals surface area contributed by atoms with Crippen LogP contribution in [0.5, 0.6) is 0 Å². The van der Waals surface area contributed by atoms with Crippen LogP contribution in [0.3, 0.4) is 0 Å². The molecule has 0 unspecified atom stereocenters. The molecule has 0 atom stereocenters. The molecule has 0 amide bonds. The van der Waals surface area contributed by atoms with Gasteiger partial charge in [-0.3, -0.25) is 0 Å². The lowest BCUT2D eigenvalue weighted by atomic mass is 10.1. The van der Waals surface area contributed by atoms with Gasteiger partial charge in [0.15, 0.2) is 0 Å². The van der Waals surface area contributed by atoms with E-state index in [1.54, 1.807) is 0 Å². The number of nitrogens with zero attached hydrogens (tertiary/aromatic N) is 1. The molecule has 0 spiro atoms. The predicted octanol–water partition coefficient (Wildman–Crippen LogP) is 2.68. The molecule has 1 aliphatic rings. The van der Waals surface area contributed by atoms with Crippen LogP contribution in [0.2, 0.25) is 0 Å². The number of likely N-dealkylation sites (tertiary alicyclic amines) is 1. The van der Waals surface area contributed by atoms with Crippen molar-refractivity contribution in [1.82, 2.24) is 4.90 Å². The Hall–Kier alpha value is -0.300. The molecule has 11 heavy (non-hydrogen) atoms. The number of piperidine rings is 1. The first kappa shape index (κ1) is 10.7. The van der Waals surface area contributed by atoms with Gasteiger partial charge in [0.1, 0.15) is 0 Å². The minimum absolute atomic E-state index is 0.769. The maximum Gasteiger partial charge on any atom is 0.00385 e. The zero-order chi connectivity index (χ0) is 8.69. The van der Waals surface area contributed by atoms with Crippen LogP contribution in [0.15, 0.2) is 13.2 Å². The summed E-state index contributed by atoms with van der Waals surface area (Å²) in [7, 11) is 0. The minimum atomic E-state index is 0.769. The lowest BCUT2D eigenvalue weighted by Gasteiger charge is -2.29. The molecule has 0 N–H and O–H groups in total. The zero-order valence-corrected chi connectivity index (χ0v) is 7.97. The SMILES string of the molecule is C=C.CC(C)N1CCCCC1. The van der Waals surface area contributed by atoms with Crippen LogP contribution in [-0.4, -0.2) is 24.0 Å². The fourth-order valence-electron chi connectivity index (χ4n) is 1.43. The van der Waals surface area contributed by atoms with Gasteiger partial charge < -0.3 is 4.90 Å². The summed E-state index contributed by atoms with van der Waals surface area (Å²) in [5, 5.41) is 0. The van der Waals surface area contributed by atoms with E-state index in [9.17, 15) is 0 Å². The molecule has 0 aromatic rings. The van der Waals surface area contributed by atoms with Gasteiger partial charge in [-0.1, -0.05) is 6.42 Å². The fraction of sp³-hybridized carbons (Fsp3) is 0.800. The summed E-state index contributed by atoms with van der Waals surface area (Å²) < 4.78 is 0. The monoisotopic (exact) mass is 155 g/mol. The average Bonchev–Trinajstić information content (AvgIpc) is 2.10. The third-order valence-electron chi connectivity index (χ3n) is 2.12. The van der Waals surface area contributed by atoms with Crippen molar-refractivity contribution in [3.63, 3.8) is 0 Å². The van der Waals surface area contributed by atoms with Crippen LogP contribution in [-0.2, 0) is 0 Å². The van der Waals surface area contributed by atoms with Crippen LogP contribution >= 0.6 is 0 Å². The van der Waals surface area contributed by atoms with Gasteiger partial charge >= 0.3 is 0 Å². The van der Waals surface area contributed by atoms with Crippen LogP contribution < -0.4 is 0 Å². The van der Waals surface area contributed by atoms with Crippen molar-refractivity contribution in [2.45, 2.75) is 39.2 Å². The highest BCUT2D eigenvalue weighted by molar-refractivity contribution is 4.67. The second-order valence-electron chi connectivity index (χ2n) is 3.19. The van der Waals surface area contributed by atoms with E-state index in [1.807, 2.05) is 0 Å². The van der Waals surface area contributed by atoms with Gasteiger partial charge in [-0.25, -0.2) is 0 Å².